The average molecular weight is 184 g/mol. The van der Waals surface area contributed by atoms with Gasteiger partial charge >= 0.3 is 0 Å². The van der Waals surface area contributed by atoms with E-state index in [4.69, 9.17) is 5.73 Å². The lowest BCUT2D eigenvalue weighted by atomic mass is 9.89. The van der Waals surface area contributed by atoms with E-state index >= 15 is 0 Å². The molecule has 0 spiro atoms. The molecule has 1 heterocycles. The highest BCUT2D eigenvalue weighted by Crippen LogP contribution is 2.24. The van der Waals surface area contributed by atoms with Crippen LogP contribution in [-0.4, -0.2) is 29.9 Å². The maximum Gasteiger partial charge on any atom is 0.219 e. The van der Waals surface area contributed by atoms with Crippen LogP contribution in [0.3, 0.4) is 0 Å². The number of amides is 1. The number of hydrogen-bond acceptors (Lipinski definition) is 2. The Bertz CT molecular complexity index is 182. The number of nitrogens with two attached hydrogens (primary N) is 1. The number of rotatable bonds is 2. The lowest BCUT2D eigenvalue weighted by molar-refractivity contribution is -0.132. The fourth-order valence-corrected chi connectivity index (χ4v) is 2.14. The van der Waals surface area contributed by atoms with Gasteiger partial charge in [-0.15, -0.1) is 0 Å². The SMILES string of the molecule is CCC1CCN(C(C)=O)C(CN)C1. The molecule has 13 heavy (non-hydrogen) atoms. The number of piperidine rings is 1. The van der Waals surface area contributed by atoms with Crippen LogP contribution in [0, 0.1) is 5.92 Å². The molecule has 0 aliphatic carbocycles. The van der Waals surface area contributed by atoms with Crippen LogP contribution in [0.2, 0.25) is 0 Å². The standard InChI is InChI=1S/C10H20N2O/c1-3-9-4-5-12(8(2)13)10(6-9)7-11/h9-10H,3-7,11H2,1-2H3. The van der Waals surface area contributed by atoms with Crippen LogP contribution in [0.5, 0.6) is 0 Å². The average Bonchev–Trinajstić information content (AvgIpc) is 2.16. The second kappa shape index (κ2) is 4.61. The molecule has 0 saturated carbocycles. The Morgan fingerprint density at radius 1 is 1.62 bits per heavy atom. The summed E-state index contributed by atoms with van der Waals surface area (Å²) < 4.78 is 0. The van der Waals surface area contributed by atoms with Crippen LogP contribution >= 0.6 is 0 Å². The van der Waals surface area contributed by atoms with Crippen molar-refractivity contribution in [1.29, 1.82) is 0 Å². The minimum atomic E-state index is 0.171. The maximum atomic E-state index is 11.2. The van der Waals surface area contributed by atoms with Gasteiger partial charge in [0.2, 0.25) is 5.91 Å². The van der Waals surface area contributed by atoms with Gasteiger partial charge in [-0.2, -0.15) is 0 Å². The van der Waals surface area contributed by atoms with E-state index in [9.17, 15) is 4.79 Å². The van der Waals surface area contributed by atoms with Gasteiger partial charge in [-0.05, 0) is 18.8 Å². The summed E-state index contributed by atoms with van der Waals surface area (Å²) in [6, 6.07) is 0.288. The van der Waals surface area contributed by atoms with E-state index in [0.717, 1.165) is 25.3 Å². The molecule has 3 nitrogen and oxygen atoms in total. The van der Waals surface area contributed by atoms with Crippen molar-refractivity contribution in [2.45, 2.75) is 39.2 Å². The Morgan fingerprint density at radius 3 is 2.77 bits per heavy atom. The normalized spacial score (nSPS) is 29.0. The van der Waals surface area contributed by atoms with E-state index in [-0.39, 0.29) is 11.9 Å². The van der Waals surface area contributed by atoms with E-state index in [2.05, 4.69) is 6.92 Å². The lowest BCUT2D eigenvalue weighted by Crippen LogP contribution is -2.48. The molecule has 0 aromatic heterocycles. The second-order valence-corrected chi connectivity index (χ2v) is 3.90. The highest BCUT2D eigenvalue weighted by Gasteiger charge is 2.27. The highest BCUT2D eigenvalue weighted by atomic mass is 16.2. The largest absolute Gasteiger partial charge is 0.339 e. The molecule has 0 bridgehead atoms. The summed E-state index contributed by atoms with van der Waals surface area (Å²) in [5, 5.41) is 0. The Kier molecular flexibility index (Phi) is 3.72. The van der Waals surface area contributed by atoms with E-state index in [0.29, 0.717) is 6.54 Å². The fraction of sp³-hybridized carbons (Fsp3) is 0.900. The predicted molar refractivity (Wildman–Crippen MR) is 53.2 cm³/mol. The quantitative estimate of drug-likeness (QED) is 0.695. The molecule has 2 unspecified atom stereocenters. The molecular weight excluding hydrogens is 164 g/mol. The van der Waals surface area contributed by atoms with Crippen molar-refractivity contribution in [3.8, 4) is 0 Å². The number of likely N-dealkylation sites (tertiary alicyclic amines) is 1. The molecule has 1 rings (SSSR count). The lowest BCUT2D eigenvalue weighted by Gasteiger charge is -2.38. The summed E-state index contributed by atoms with van der Waals surface area (Å²) in [6.07, 6.45) is 3.45. The minimum absolute atomic E-state index is 0.171. The van der Waals surface area contributed by atoms with Crippen molar-refractivity contribution in [1.82, 2.24) is 4.90 Å². The van der Waals surface area contributed by atoms with Crippen LogP contribution in [0.15, 0.2) is 0 Å². The summed E-state index contributed by atoms with van der Waals surface area (Å²) in [5.41, 5.74) is 5.65. The zero-order chi connectivity index (χ0) is 9.84. The summed E-state index contributed by atoms with van der Waals surface area (Å²) in [7, 11) is 0. The van der Waals surface area contributed by atoms with Crippen LogP contribution < -0.4 is 5.73 Å². The van der Waals surface area contributed by atoms with Crippen molar-refractivity contribution in [3.63, 3.8) is 0 Å². The van der Waals surface area contributed by atoms with Gasteiger partial charge in [0.15, 0.2) is 0 Å². The first-order valence-corrected chi connectivity index (χ1v) is 5.16. The molecule has 0 aromatic carbocycles. The third kappa shape index (κ3) is 2.44. The third-order valence-corrected chi connectivity index (χ3v) is 3.08. The van der Waals surface area contributed by atoms with E-state index in [1.165, 1.54) is 6.42 Å². The van der Waals surface area contributed by atoms with Gasteiger partial charge in [0, 0.05) is 26.1 Å². The molecule has 76 valence electrons. The van der Waals surface area contributed by atoms with Gasteiger partial charge in [0.1, 0.15) is 0 Å². The van der Waals surface area contributed by atoms with E-state index < -0.39 is 0 Å². The first-order valence-electron chi connectivity index (χ1n) is 5.16. The smallest absolute Gasteiger partial charge is 0.219 e. The summed E-state index contributed by atoms with van der Waals surface area (Å²) in [5.74, 6) is 0.939. The molecule has 2 atom stereocenters. The molecule has 1 aliphatic rings. The first-order chi connectivity index (χ1) is 6.19. The predicted octanol–water partition coefficient (Wildman–Crippen LogP) is 0.982. The number of hydrogen-bond donors (Lipinski definition) is 1. The maximum absolute atomic E-state index is 11.2. The van der Waals surface area contributed by atoms with Crippen LogP contribution in [0.25, 0.3) is 0 Å². The number of nitrogens with zero attached hydrogens (tertiary/aromatic N) is 1. The van der Waals surface area contributed by atoms with E-state index in [1.807, 2.05) is 4.90 Å². The zero-order valence-electron chi connectivity index (χ0n) is 8.62. The number of carbonyl (C=O) groups is 1. The van der Waals surface area contributed by atoms with Crippen molar-refractivity contribution < 1.29 is 4.79 Å². The van der Waals surface area contributed by atoms with Crippen molar-refractivity contribution in [2.75, 3.05) is 13.1 Å². The summed E-state index contributed by atoms with van der Waals surface area (Å²) in [4.78, 5) is 13.2. The van der Waals surface area contributed by atoms with Crippen molar-refractivity contribution in [2.24, 2.45) is 11.7 Å². The molecule has 1 amide bonds. The Balaban J connectivity index is 2.55. The first kappa shape index (κ1) is 10.5. The van der Waals surface area contributed by atoms with E-state index in [1.54, 1.807) is 6.92 Å². The van der Waals surface area contributed by atoms with Gasteiger partial charge < -0.3 is 10.6 Å². The summed E-state index contributed by atoms with van der Waals surface area (Å²) in [6.45, 7) is 5.35. The fourth-order valence-electron chi connectivity index (χ4n) is 2.14. The Labute approximate surface area is 80.3 Å². The van der Waals surface area contributed by atoms with Crippen LogP contribution in [0.4, 0.5) is 0 Å². The van der Waals surface area contributed by atoms with Gasteiger partial charge in [-0.3, -0.25) is 4.79 Å². The molecule has 1 fully saturated rings. The summed E-state index contributed by atoms with van der Waals surface area (Å²) >= 11 is 0. The number of carbonyl (C=O) groups excluding carboxylic acids is 1. The van der Waals surface area contributed by atoms with Crippen LogP contribution in [-0.2, 0) is 4.79 Å². The minimum Gasteiger partial charge on any atom is -0.339 e. The van der Waals surface area contributed by atoms with Gasteiger partial charge in [0.25, 0.3) is 0 Å². The third-order valence-electron chi connectivity index (χ3n) is 3.08. The van der Waals surface area contributed by atoms with Crippen molar-refractivity contribution in [3.05, 3.63) is 0 Å². The van der Waals surface area contributed by atoms with Gasteiger partial charge in [-0.25, -0.2) is 0 Å². The highest BCUT2D eigenvalue weighted by molar-refractivity contribution is 5.73. The Morgan fingerprint density at radius 2 is 2.31 bits per heavy atom. The zero-order valence-corrected chi connectivity index (χ0v) is 8.62. The second-order valence-electron chi connectivity index (χ2n) is 3.90. The van der Waals surface area contributed by atoms with Crippen molar-refractivity contribution >= 4 is 5.91 Å². The molecular formula is C10H20N2O. The topological polar surface area (TPSA) is 46.3 Å². The van der Waals surface area contributed by atoms with Crippen LogP contribution in [0.1, 0.15) is 33.1 Å². The monoisotopic (exact) mass is 184 g/mol. The molecule has 0 radical (unpaired) electrons. The Hall–Kier alpha value is -0.570. The van der Waals surface area contributed by atoms with Gasteiger partial charge in [-0.1, -0.05) is 13.3 Å². The molecule has 1 aliphatic heterocycles. The molecule has 1 saturated heterocycles. The molecule has 2 N–H and O–H groups in total. The van der Waals surface area contributed by atoms with Gasteiger partial charge in [0.05, 0.1) is 0 Å². The molecule has 3 heteroatoms. The molecule has 0 aromatic rings.